The van der Waals surface area contributed by atoms with E-state index in [-0.39, 0.29) is 18.3 Å². The molecule has 0 saturated heterocycles. The summed E-state index contributed by atoms with van der Waals surface area (Å²) >= 11 is 0. The zero-order valence-electron chi connectivity index (χ0n) is 10.1. The number of rotatable bonds is 5. The van der Waals surface area contributed by atoms with E-state index < -0.39 is 6.04 Å². The summed E-state index contributed by atoms with van der Waals surface area (Å²) < 4.78 is 5.44. The normalized spacial score (nSPS) is 12.6. The predicted molar refractivity (Wildman–Crippen MR) is 64.5 cm³/mol. The van der Waals surface area contributed by atoms with Crippen molar-refractivity contribution in [2.45, 2.75) is 26.8 Å². The molecule has 0 amide bonds. The fourth-order valence-corrected chi connectivity index (χ4v) is 1.34. The summed E-state index contributed by atoms with van der Waals surface area (Å²) in [5.74, 6) is 0.832. The Morgan fingerprint density at radius 2 is 2.00 bits per heavy atom. The number of carbonyl (C=O) groups excluding carboxylic acids is 1. The first-order chi connectivity index (χ1) is 7.52. The maximum absolute atomic E-state index is 11.6. The van der Waals surface area contributed by atoms with Gasteiger partial charge in [-0.3, -0.25) is 4.79 Å². The van der Waals surface area contributed by atoms with Crippen LogP contribution in [0.15, 0.2) is 24.3 Å². The van der Waals surface area contributed by atoms with Gasteiger partial charge in [0, 0.05) is 0 Å². The highest BCUT2D eigenvalue weighted by Crippen LogP contribution is 2.16. The number of hydrogen-bond donors (Lipinski definition) is 1. The van der Waals surface area contributed by atoms with Crippen molar-refractivity contribution in [2.24, 2.45) is 11.7 Å². The maximum Gasteiger partial charge on any atom is 0.187 e. The Morgan fingerprint density at radius 1 is 1.38 bits per heavy atom. The Labute approximate surface area is 96.6 Å². The van der Waals surface area contributed by atoms with Crippen LogP contribution in [0.2, 0.25) is 0 Å². The molecule has 1 rings (SSSR count). The molecule has 1 aromatic rings. The van der Waals surface area contributed by atoms with Gasteiger partial charge < -0.3 is 10.5 Å². The lowest BCUT2D eigenvalue weighted by molar-refractivity contribution is -0.123. The molecular weight excluding hydrogens is 202 g/mol. The van der Waals surface area contributed by atoms with Gasteiger partial charge in [-0.1, -0.05) is 32.0 Å². The van der Waals surface area contributed by atoms with E-state index in [1.807, 2.05) is 45.0 Å². The van der Waals surface area contributed by atoms with Gasteiger partial charge in [-0.05, 0) is 24.5 Å². The fourth-order valence-electron chi connectivity index (χ4n) is 1.34. The predicted octanol–water partition coefficient (Wildman–Crippen LogP) is 1.93. The molecule has 0 bridgehead atoms. The van der Waals surface area contributed by atoms with Gasteiger partial charge >= 0.3 is 0 Å². The first kappa shape index (κ1) is 12.7. The summed E-state index contributed by atoms with van der Waals surface area (Å²) in [4.78, 5) is 11.6. The molecule has 0 aliphatic heterocycles. The van der Waals surface area contributed by atoms with E-state index in [4.69, 9.17) is 10.5 Å². The Hall–Kier alpha value is -1.35. The smallest absolute Gasteiger partial charge is 0.187 e. The Kier molecular flexibility index (Phi) is 4.50. The van der Waals surface area contributed by atoms with Crippen LogP contribution in [0.3, 0.4) is 0 Å². The highest BCUT2D eigenvalue weighted by Gasteiger charge is 2.17. The number of aryl methyl sites for hydroxylation is 1. The quantitative estimate of drug-likeness (QED) is 0.826. The van der Waals surface area contributed by atoms with Gasteiger partial charge in [0.2, 0.25) is 0 Å². The van der Waals surface area contributed by atoms with Crippen LogP contribution in [0.1, 0.15) is 19.4 Å². The molecule has 0 heterocycles. The van der Waals surface area contributed by atoms with Crippen LogP contribution < -0.4 is 10.5 Å². The van der Waals surface area contributed by atoms with Gasteiger partial charge in [0.05, 0.1) is 6.04 Å². The van der Waals surface area contributed by atoms with Crippen molar-refractivity contribution in [3.63, 3.8) is 0 Å². The number of hydrogen-bond acceptors (Lipinski definition) is 3. The van der Waals surface area contributed by atoms with Gasteiger partial charge in [0.15, 0.2) is 5.78 Å². The number of ketones is 1. The maximum atomic E-state index is 11.6. The van der Waals surface area contributed by atoms with Crippen molar-refractivity contribution >= 4 is 5.78 Å². The Morgan fingerprint density at radius 3 is 2.56 bits per heavy atom. The molecule has 0 aliphatic rings. The minimum absolute atomic E-state index is 0.0458. The molecule has 3 heteroatoms. The summed E-state index contributed by atoms with van der Waals surface area (Å²) in [6.45, 7) is 5.85. The highest BCUT2D eigenvalue weighted by atomic mass is 16.5. The fraction of sp³-hybridized carbons (Fsp3) is 0.462. The van der Waals surface area contributed by atoms with Crippen molar-refractivity contribution in [3.05, 3.63) is 29.8 Å². The third kappa shape index (κ3) is 3.35. The lowest BCUT2D eigenvalue weighted by Gasteiger charge is -2.15. The molecule has 1 aromatic carbocycles. The van der Waals surface area contributed by atoms with E-state index in [1.54, 1.807) is 0 Å². The minimum atomic E-state index is -0.441. The van der Waals surface area contributed by atoms with Gasteiger partial charge in [-0.2, -0.15) is 0 Å². The zero-order valence-corrected chi connectivity index (χ0v) is 10.1. The molecule has 1 atom stereocenters. The third-order valence-electron chi connectivity index (χ3n) is 2.55. The Balaban J connectivity index is 2.52. The van der Waals surface area contributed by atoms with Crippen LogP contribution >= 0.6 is 0 Å². The van der Waals surface area contributed by atoms with Gasteiger partial charge in [-0.25, -0.2) is 0 Å². The van der Waals surface area contributed by atoms with Crippen LogP contribution in [0, 0.1) is 12.8 Å². The first-order valence-corrected chi connectivity index (χ1v) is 5.49. The number of Topliss-reactive ketones (excluding diaryl/α,β-unsaturated/α-hetero) is 1. The van der Waals surface area contributed by atoms with Gasteiger partial charge in [0.25, 0.3) is 0 Å². The SMILES string of the molecule is Cc1ccccc1OCC(=O)C(N)C(C)C. The van der Waals surface area contributed by atoms with Crippen LogP contribution in [0.5, 0.6) is 5.75 Å². The van der Waals surface area contributed by atoms with Crippen molar-refractivity contribution in [2.75, 3.05) is 6.61 Å². The number of para-hydroxylation sites is 1. The van der Waals surface area contributed by atoms with E-state index in [2.05, 4.69) is 0 Å². The molecule has 0 fully saturated rings. The second-order valence-corrected chi connectivity index (χ2v) is 4.29. The molecular formula is C13H19NO2. The minimum Gasteiger partial charge on any atom is -0.485 e. The summed E-state index contributed by atoms with van der Waals surface area (Å²) in [6, 6.07) is 7.18. The van der Waals surface area contributed by atoms with E-state index >= 15 is 0 Å². The number of nitrogens with two attached hydrogens (primary N) is 1. The monoisotopic (exact) mass is 221 g/mol. The van der Waals surface area contributed by atoms with Crippen molar-refractivity contribution < 1.29 is 9.53 Å². The van der Waals surface area contributed by atoms with E-state index in [1.165, 1.54) is 0 Å². The average molecular weight is 221 g/mol. The molecule has 0 saturated carbocycles. The van der Waals surface area contributed by atoms with E-state index in [0.29, 0.717) is 0 Å². The molecule has 0 radical (unpaired) electrons. The second kappa shape index (κ2) is 5.66. The van der Waals surface area contributed by atoms with Gasteiger partial charge in [0.1, 0.15) is 12.4 Å². The van der Waals surface area contributed by atoms with Crippen LogP contribution in [0.4, 0.5) is 0 Å². The lowest BCUT2D eigenvalue weighted by Crippen LogP contribution is -2.38. The molecule has 0 aromatic heterocycles. The average Bonchev–Trinajstić information content (AvgIpc) is 2.26. The van der Waals surface area contributed by atoms with Crippen molar-refractivity contribution in [1.82, 2.24) is 0 Å². The summed E-state index contributed by atoms with van der Waals surface area (Å²) in [6.07, 6.45) is 0. The molecule has 0 aliphatic carbocycles. The lowest BCUT2D eigenvalue weighted by atomic mass is 10.0. The summed E-state index contributed by atoms with van der Waals surface area (Å²) in [5, 5.41) is 0. The molecule has 16 heavy (non-hydrogen) atoms. The van der Waals surface area contributed by atoms with Crippen LogP contribution in [0.25, 0.3) is 0 Å². The number of carbonyl (C=O) groups is 1. The Bertz CT molecular complexity index is 361. The zero-order chi connectivity index (χ0) is 12.1. The van der Waals surface area contributed by atoms with Crippen LogP contribution in [-0.4, -0.2) is 18.4 Å². The standard InChI is InChI=1S/C13H19NO2/c1-9(2)13(14)11(15)8-16-12-7-5-4-6-10(12)3/h4-7,9,13H,8,14H2,1-3H3. The summed E-state index contributed by atoms with van der Waals surface area (Å²) in [7, 11) is 0. The van der Waals surface area contributed by atoms with Crippen LogP contribution in [-0.2, 0) is 4.79 Å². The first-order valence-electron chi connectivity index (χ1n) is 5.49. The number of benzene rings is 1. The number of ether oxygens (including phenoxy) is 1. The van der Waals surface area contributed by atoms with E-state index in [0.717, 1.165) is 11.3 Å². The van der Waals surface area contributed by atoms with E-state index in [9.17, 15) is 4.79 Å². The van der Waals surface area contributed by atoms with Crippen molar-refractivity contribution in [1.29, 1.82) is 0 Å². The molecule has 0 spiro atoms. The summed E-state index contributed by atoms with van der Waals surface area (Å²) in [5.41, 5.74) is 6.75. The van der Waals surface area contributed by atoms with Crippen molar-refractivity contribution in [3.8, 4) is 5.75 Å². The molecule has 2 N–H and O–H groups in total. The second-order valence-electron chi connectivity index (χ2n) is 4.29. The van der Waals surface area contributed by atoms with Gasteiger partial charge in [-0.15, -0.1) is 0 Å². The highest BCUT2D eigenvalue weighted by molar-refractivity contribution is 5.85. The third-order valence-corrected chi connectivity index (χ3v) is 2.55. The molecule has 88 valence electrons. The molecule has 1 unspecified atom stereocenters. The molecule has 3 nitrogen and oxygen atoms in total. The largest absolute Gasteiger partial charge is 0.485 e. The topological polar surface area (TPSA) is 52.3 Å².